The first-order chi connectivity index (χ1) is 46.7. The smallest absolute Gasteiger partial charge is 0.249 e. The third kappa shape index (κ3) is 58.7. The Hall–Kier alpha value is -1.67. The van der Waals surface area contributed by atoms with Gasteiger partial charge in [-0.1, -0.05) is 384 Å². The average molecular weight is 1350 g/mol. The predicted octanol–water partition coefficient (Wildman–Crippen LogP) is 22.0. The molecule has 8 N–H and O–H groups in total. The van der Waals surface area contributed by atoms with Crippen molar-refractivity contribution in [3.8, 4) is 0 Å². The second kappa shape index (κ2) is 72.1. The number of nitrogens with one attached hydrogen (secondary N) is 1. The second-order valence-electron chi connectivity index (χ2n) is 29.5. The van der Waals surface area contributed by atoms with E-state index in [1.54, 1.807) is 0 Å². The summed E-state index contributed by atoms with van der Waals surface area (Å²) in [7, 11) is 0. The zero-order valence-corrected chi connectivity index (χ0v) is 62.7. The van der Waals surface area contributed by atoms with Gasteiger partial charge in [-0.05, 0) is 77.0 Å². The Balaban J connectivity index is 2.13. The molecule has 11 nitrogen and oxygen atoms in total. The Morgan fingerprint density at radius 3 is 0.937 bits per heavy atom. The van der Waals surface area contributed by atoms with Crippen LogP contribution in [0.25, 0.3) is 0 Å². The molecule has 9 atom stereocenters. The fourth-order valence-corrected chi connectivity index (χ4v) is 13.8. The molecule has 0 aliphatic carbocycles. The highest BCUT2D eigenvalue weighted by Gasteiger charge is 2.44. The van der Waals surface area contributed by atoms with Crippen molar-refractivity contribution in [3.63, 3.8) is 0 Å². The van der Waals surface area contributed by atoms with Crippen LogP contribution in [0.2, 0.25) is 0 Å². The van der Waals surface area contributed by atoms with E-state index < -0.39 is 74.2 Å². The predicted molar refractivity (Wildman–Crippen MR) is 404 cm³/mol. The van der Waals surface area contributed by atoms with Crippen molar-refractivity contribution in [3.05, 3.63) is 36.5 Å². The first-order valence-corrected chi connectivity index (χ1v) is 41.9. The van der Waals surface area contributed by atoms with Gasteiger partial charge in [-0.3, -0.25) is 4.79 Å². The van der Waals surface area contributed by atoms with Crippen molar-refractivity contribution < 1.29 is 50.0 Å². The maximum Gasteiger partial charge on any atom is 0.249 e. The van der Waals surface area contributed by atoms with Crippen molar-refractivity contribution in [1.82, 2.24) is 5.32 Å². The largest absolute Gasteiger partial charge is 0.394 e. The third-order valence-corrected chi connectivity index (χ3v) is 20.4. The van der Waals surface area contributed by atoms with Gasteiger partial charge in [-0.25, -0.2) is 0 Å². The Kier molecular flexibility index (Phi) is 69.4. The lowest BCUT2D eigenvalue weighted by Gasteiger charge is -2.40. The number of amides is 1. The molecule has 1 aliphatic heterocycles. The van der Waals surface area contributed by atoms with Gasteiger partial charge in [0.1, 0.15) is 36.6 Å². The fraction of sp³-hybridized carbons (Fsp3) is 0.917. The number of carbonyl (C=O) groups is 1. The molecule has 1 aliphatic rings. The van der Waals surface area contributed by atoms with E-state index in [2.05, 4.69) is 55.6 Å². The van der Waals surface area contributed by atoms with Gasteiger partial charge >= 0.3 is 0 Å². The quantitative estimate of drug-likeness (QED) is 0.0215. The molecule has 0 saturated carbocycles. The molecule has 1 rings (SSSR count). The molecule has 1 heterocycles. The molecular formula is C84H161NO10. The van der Waals surface area contributed by atoms with Crippen molar-refractivity contribution in [1.29, 1.82) is 0 Å². The van der Waals surface area contributed by atoms with Crippen molar-refractivity contribution in [2.45, 2.75) is 480 Å². The Labute approximate surface area is 587 Å². The van der Waals surface area contributed by atoms with Crippen LogP contribution in [0.4, 0.5) is 0 Å². The summed E-state index contributed by atoms with van der Waals surface area (Å²) < 4.78 is 11.2. The van der Waals surface area contributed by atoms with Crippen LogP contribution in [-0.4, -0.2) is 110 Å². The van der Waals surface area contributed by atoms with Crippen LogP contribution in [0.1, 0.15) is 425 Å². The van der Waals surface area contributed by atoms with Gasteiger partial charge in [0.2, 0.25) is 5.91 Å². The maximum atomic E-state index is 13.3. The minimum absolute atomic E-state index is 0.248. The number of unbranched alkanes of at least 4 members (excludes halogenated alkanes) is 57. The van der Waals surface area contributed by atoms with E-state index in [1.165, 1.54) is 340 Å². The number of aliphatic hydroxyl groups excluding tert-OH is 7. The maximum absolute atomic E-state index is 13.3. The van der Waals surface area contributed by atoms with Gasteiger partial charge < -0.3 is 50.5 Å². The summed E-state index contributed by atoms with van der Waals surface area (Å²) in [5, 5.41) is 76.7. The van der Waals surface area contributed by atoms with E-state index in [1.807, 2.05) is 0 Å². The number of rotatable bonds is 75. The molecule has 1 fully saturated rings. The van der Waals surface area contributed by atoms with Crippen molar-refractivity contribution >= 4 is 5.91 Å². The number of aliphatic hydroxyl groups is 7. The summed E-state index contributed by atoms with van der Waals surface area (Å²) in [5.74, 6) is -0.703. The van der Waals surface area contributed by atoms with Crippen LogP contribution in [-0.2, 0) is 14.3 Å². The van der Waals surface area contributed by atoms with E-state index in [-0.39, 0.29) is 12.8 Å². The van der Waals surface area contributed by atoms with Gasteiger partial charge in [-0.2, -0.15) is 0 Å². The summed E-state index contributed by atoms with van der Waals surface area (Å²) in [5.41, 5.74) is 0. The van der Waals surface area contributed by atoms with E-state index in [9.17, 15) is 40.5 Å². The lowest BCUT2D eigenvalue weighted by Crippen LogP contribution is -2.60. The summed E-state index contributed by atoms with van der Waals surface area (Å²) in [6.45, 7) is 3.51. The first-order valence-electron chi connectivity index (χ1n) is 41.9. The minimum atomic E-state index is -1.67. The number of allylic oxidation sites excluding steroid dienone is 6. The normalized spacial score (nSPS) is 18.3. The molecule has 0 bridgehead atoms. The summed E-state index contributed by atoms with van der Waals surface area (Å²) in [4.78, 5) is 13.3. The monoisotopic (exact) mass is 1340 g/mol. The molecule has 1 amide bonds. The zero-order valence-electron chi connectivity index (χ0n) is 62.7. The topological polar surface area (TPSA) is 189 Å². The fourth-order valence-electron chi connectivity index (χ4n) is 13.8. The van der Waals surface area contributed by atoms with Gasteiger partial charge in [0.05, 0.1) is 25.4 Å². The molecule has 95 heavy (non-hydrogen) atoms. The molecule has 1 saturated heterocycles. The molecule has 0 aromatic carbocycles. The molecule has 0 aromatic heterocycles. The lowest BCUT2D eigenvalue weighted by atomic mass is 9.98. The molecule has 11 heteroatoms. The Morgan fingerprint density at radius 1 is 0.358 bits per heavy atom. The van der Waals surface area contributed by atoms with E-state index in [4.69, 9.17) is 9.47 Å². The van der Waals surface area contributed by atoms with Crippen LogP contribution in [0, 0.1) is 0 Å². The molecule has 562 valence electrons. The first kappa shape index (κ1) is 91.3. The molecule has 9 unspecified atom stereocenters. The van der Waals surface area contributed by atoms with Gasteiger partial charge in [0, 0.05) is 0 Å². The molecule has 0 spiro atoms. The van der Waals surface area contributed by atoms with Gasteiger partial charge in [-0.15, -0.1) is 0 Å². The highest BCUT2D eigenvalue weighted by molar-refractivity contribution is 5.80. The van der Waals surface area contributed by atoms with Crippen molar-refractivity contribution in [2.24, 2.45) is 0 Å². The zero-order chi connectivity index (χ0) is 68.8. The summed E-state index contributed by atoms with van der Waals surface area (Å²) in [6.07, 6.45) is 84.3. The van der Waals surface area contributed by atoms with Gasteiger partial charge in [0.25, 0.3) is 0 Å². The Morgan fingerprint density at radius 2 is 0.632 bits per heavy atom. The average Bonchev–Trinajstić information content (AvgIpc) is 0.832. The molecular weight excluding hydrogens is 1180 g/mol. The highest BCUT2D eigenvalue weighted by Crippen LogP contribution is 2.25. The standard InChI is InChI=1S/C84H161NO10/c1-3-5-7-9-11-13-15-17-19-21-23-25-27-29-31-33-35-36-37-38-39-40-41-42-44-46-48-50-52-54-56-58-60-62-64-66-68-70-72-77(88)83(93)85-75(74-94-84-82(92)81(91)80(90)78(73-86)95-84)79(89)76(87)71-69-67-65-63-61-59-57-55-53-51-49-47-45-43-34-32-30-28-26-24-22-20-18-16-14-12-10-8-6-4-2/h38-39,55,57,63,65,75-82,84,86-92H,3-37,40-54,56,58-62,64,66-74H2,1-2H3,(H,85,93)/b39-38-,57-55+,65-63+. The van der Waals surface area contributed by atoms with Crippen LogP contribution >= 0.6 is 0 Å². The van der Waals surface area contributed by atoms with Crippen molar-refractivity contribution in [2.75, 3.05) is 13.2 Å². The van der Waals surface area contributed by atoms with Crippen LogP contribution in [0.3, 0.4) is 0 Å². The molecule has 0 radical (unpaired) electrons. The summed E-state index contributed by atoms with van der Waals surface area (Å²) in [6, 6.07) is -1.19. The number of carbonyl (C=O) groups excluding carboxylic acids is 1. The number of hydrogen-bond acceptors (Lipinski definition) is 10. The summed E-state index contributed by atoms with van der Waals surface area (Å²) >= 11 is 0. The van der Waals surface area contributed by atoms with Crippen LogP contribution in [0.5, 0.6) is 0 Å². The lowest BCUT2D eigenvalue weighted by molar-refractivity contribution is -0.303. The van der Waals surface area contributed by atoms with E-state index >= 15 is 0 Å². The van der Waals surface area contributed by atoms with E-state index in [0.717, 1.165) is 38.5 Å². The SMILES string of the molecule is CCCCCCCCCCCCCCCCCCCC/C=C\CCCCCCCCCCCCCCCCCCC(O)C(=O)NC(COC1OC(CO)C(O)C(O)C1O)C(O)C(O)CCC/C=C/CC/C=C/CCCCCCCCCCCCCCCCCCCCCCC. The number of ether oxygens (including phenoxy) is 2. The van der Waals surface area contributed by atoms with Crippen LogP contribution in [0.15, 0.2) is 36.5 Å². The van der Waals surface area contributed by atoms with E-state index in [0.29, 0.717) is 19.3 Å². The van der Waals surface area contributed by atoms with Gasteiger partial charge in [0.15, 0.2) is 6.29 Å². The number of hydrogen-bond donors (Lipinski definition) is 8. The highest BCUT2D eigenvalue weighted by atomic mass is 16.7. The molecule has 0 aromatic rings. The second-order valence-corrected chi connectivity index (χ2v) is 29.5. The third-order valence-electron chi connectivity index (χ3n) is 20.4. The van der Waals surface area contributed by atoms with Crippen LogP contribution < -0.4 is 5.32 Å². The Bertz CT molecular complexity index is 1640. The minimum Gasteiger partial charge on any atom is -0.394 e.